The lowest BCUT2D eigenvalue weighted by Crippen LogP contribution is -2.30. The van der Waals surface area contributed by atoms with E-state index >= 15 is 0 Å². The summed E-state index contributed by atoms with van der Waals surface area (Å²) in [6.45, 7) is 10.1. The standard InChI is InChI=1S/C18H29N/c1-14-10-11-16(18(2,3)4)12-15(14)13-19-17-8-6-5-7-9-17/h10-12,17,19H,5-9,13H2,1-4H3. The van der Waals surface area contributed by atoms with Crippen LogP contribution in [-0.4, -0.2) is 6.04 Å². The number of nitrogens with one attached hydrogen (secondary N) is 1. The monoisotopic (exact) mass is 259 g/mol. The van der Waals surface area contributed by atoms with Gasteiger partial charge >= 0.3 is 0 Å². The van der Waals surface area contributed by atoms with Crippen LogP contribution in [-0.2, 0) is 12.0 Å². The molecule has 1 aliphatic carbocycles. The van der Waals surface area contributed by atoms with Crippen molar-refractivity contribution in [2.24, 2.45) is 0 Å². The lowest BCUT2D eigenvalue weighted by Gasteiger charge is -2.24. The van der Waals surface area contributed by atoms with Crippen LogP contribution in [0.2, 0.25) is 0 Å². The molecule has 0 spiro atoms. The van der Waals surface area contributed by atoms with Crippen molar-refractivity contribution >= 4 is 0 Å². The third-order valence-corrected chi connectivity index (χ3v) is 4.40. The second-order valence-corrected chi connectivity index (χ2v) is 7.11. The fourth-order valence-electron chi connectivity index (χ4n) is 2.89. The van der Waals surface area contributed by atoms with Gasteiger partial charge in [0.15, 0.2) is 0 Å². The Balaban J connectivity index is 2.02. The summed E-state index contributed by atoms with van der Waals surface area (Å²) in [7, 11) is 0. The van der Waals surface area contributed by atoms with Gasteiger partial charge in [0.25, 0.3) is 0 Å². The fourth-order valence-corrected chi connectivity index (χ4v) is 2.89. The van der Waals surface area contributed by atoms with E-state index in [4.69, 9.17) is 0 Å². The molecular formula is C18H29N. The van der Waals surface area contributed by atoms with Crippen LogP contribution in [0.4, 0.5) is 0 Å². The molecule has 1 saturated carbocycles. The Kier molecular flexibility index (Phi) is 4.67. The molecule has 0 saturated heterocycles. The number of hydrogen-bond acceptors (Lipinski definition) is 1. The molecule has 1 heteroatoms. The first-order valence-corrected chi connectivity index (χ1v) is 7.80. The van der Waals surface area contributed by atoms with Crippen molar-refractivity contribution in [2.45, 2.75) is 77.8 Å². The minimum atomic E-state index is 0.243. The first-order valence-electron chi connectivity index (χ1n) is 7.80. The summed E-state index contributed by atoms with van der Waals surface area (Å²) in [5.74, 6) is 0. The Morgan fingerprint density at radius 3 is 2.42 bits per heavy atom. The van der Waals surface area contributed by atoms with Gasteiger partial charge in [-0.25, -0.2) is 0 Å². The molecule has 1 nitrogen and oxygen atoms in total. The smallest absolute Gasteiger partial charge is 0.0210 e. The molecule has 0 heterocycles. The van der Waals surface area contributed by atoms with E-state index in [0.29, 0.717) is 0 Å². The van der Waals surface area contributed by atoms with Crippen molar-refractivity contribution < 1.29 is 0 Å². The van der Waals surface area contributed by atoms with E-state index in [-0.39, 0.29) is 5.41 Å². The molecule has 1 aromatic carbocycles. The van der Waals surface area contributed by atoms with E-state index in [0.717, 1.165) is 12.6 Å². The van der Waals surface area contributed by atoms with Crippen molar-refractivity contribution in [3.63, 3.8) is 0 Å². The fraction of sp³-hybridized carbons (Fsp3) is 0.667. The Hall–Kier alpha value is -0.820. The molecule has 1 aliphatic rings. The first kappa shape index (κ1) is 14.6. The Morgan fingerprint density at radius 2 is 1.79 bits per heavy atom. The van der Waals surface area contributed by atoms with Crippen LogP contribution in [0.5, 0.6) is 0 Å². The number of hydrogen-bond donors (Lipinski definition) is 1. The van der Waals surface area contributed by atoms with Crippen LogP contribution in [0.25, 0.3) is 0 Å². The SMILES string of the molecule is Cc1ccc(C(C)(C)C)cc1CNC1CCCCC1. The average molecular weight is 259 g/mol. The predicted molar refractivity (Wildman–Crippen MR) is 83.6 cm³/mol. The lowest BCUT2D eigenvalue weighted by atomic mass is 9.85. The van der Waals surface area contributed by atoms with Gasteiger partial charge in [-0.2, -0.15) is 0 Å². The zero-order valence-electron chi connectivity index (χ0n) is 13.1. The summed E-state index contributed by atoms with van der Waals surface area (Å²) < 4.78 is 0. The van der Waals surface area contributed by atoms with E-state index in [2.05, 4.69) is 51.2 Å². The summed E-state index contributed by atoms with van der Waals surface area (Å²) in [5, 5.41) is 3.76. The zero-order valence-corrected chi connectivity index (χ0v) is 13.1. The summed E-state index contributed by atoms with van der Waals surface area (Å²) in [6, 6.07) is 7.69. The van der Waals surface area contributed by atoms with Gasteiger partial charge in [0.05, 0.1) is 0 Å². The summed E-state index contributed by atoms with van der Waals surface area (Å²) in [5.41, 5.74) is 4.57. The minimum Gasteiger partial charge on any atom is -0.310 e. The molecule has 0 aliphatic heterocycles. The largest absolute Gasteiger partial charge is 0.310 e. The van der Waals surface area contributed by atoms with Crippen LogP contribution in [0.1, 0.15) is 69.6 Å². The van der Waals surface area contributed by atoms with Gasteiger partial charge in [-0.1, -0.05) is 58.2 Å². The van der Waals surface area contributed by atoms with Crippen molar-refractivity contribution in [3.05, 3.63) is 34.9 Å². The molecule has 1 N–H and O–H groups in total. The molecule has 0 bridgehead atoms. The molecule has 0 radical (unpaired) electrons. The maximum Gasteiger partial charge on any atom is 0.0210 e. The Morgan fingerprint density at radius 1 is 1.11 bits per heavy atom. The maximum absolute atomic E-state index is 3.76. The van der Waals surface area contributed by atoms with Crippen LogP contribution in [0, 0.1) is 6.92 Å². The van der Waals surface area contributed by atoms with Crippen LogP contribution in [0.3, 0.4) is 0 Å². The maximum atomic E-state index is 3.76. The quantitative estimate of drug-likeness (QED) is 0.828. The molecular weight excluding hydrogens is 230 g/mol. The van der Waals surface area contributed by atoms with Gasteiger partial charge in [-0.15, -0.1) is 0 Å². The Labute approximate surface area is 118 Å². The van der Waals surface area contributed by atoms with E-state index in [1.807, 2.05) is 0 Å². The van der Waals surface area contributed by atoms with Crippen molar-refractivity contribution in [2.75, 3.05) is 0 Å². The molecule has 0 atom stereocenters. The zero-order chi connectivity index (χ0) is 13.9. The molecule has 2 rings (SSSR count). The first-order chi connectivity index (χ1) is 8.97. The van der Waals surface area contributed by atoms with Crippen LogP contribution in [0.15, 0.2) is 18.2 Å². The minimum absolute atomic E-state index is 0.243. The van der Waals surface area contributed by atoms with E-state index < -0.39 is 0 Å². The molecule has 0 unspecified atom stereocenters. The summed E-state index contributed by atoms with van der Waals surface area (Å²) in [4.78, 5) is 0. The van der Waals surface area contributed by atoms with Crippen molar-refractivity contribution in [3.8, 4) is 0 Å². The van der Waals surface area contributed by atoms with Gasteiger partial charge < -0.3 is 5.32 Å². The average Bonchev–Trinajstić information content (AvgIpc) is 2.37. The third-order valence-electron chi connectivity index (χ3n) is 4.40. The summed E-state index contributed by atoms with van der Waals surface area (Å²) in [6.07, 6.45) is 6.95. The van der Waals surface area contributed by atoms with E-state index in [1.165, 1.54) is 48.8 Å². The Bertz CT molecular complexity index is 408. The molecule has 1 fully saturated rings. The highest BCUT2D eigenvalue weighted by molar-refractivity contribution is 5.34. The van der Waals surface area contributed by atoms with Gasteiger partial charge in [0.2, 0.25) is 0 Å². The second kappa shape index (κ2) is 6.09. The van der Waals surface area contributed by atoms with E-state index in [1.54, 1.807) is 0 Å². The van der Waals surface area contributed by atoms with Crippen LogP contribution >= 0.6 is 0 Å². The normalized spacial score (nSPS) is 17.7. The van der Waals surface area contributed by atoms with Gasteiger partial charge in [0.1, 0.15) is 0 Å². The van der Waals surface area contributed by atoms with E-state index in [9.17, 15) is 0 Å². The number of rotatable bonds is 3. The van der Waals surface area contributed by atoms with Gasteiger partial charge in [-0.3, -0.25) is 0 Å². The second-order valence-electron chi connectivity index (χ2n) is 7.11. The molecule has 106 valence electrons. The molecule has 0 amide bonds. The van der Waals surface area contributed by atoms with Gasteiger partial charge in [0, 0.05) is 12.6 Å². The van der Waals surface area contributed by atoms with Crippen LogP contribution < -0.4 is 5.32 Å². The molecule has 0 aromatic heterocycles. The number of aryl methyl sites for hydroxylation is 1. The topological polar surface area (TPSA) is 12.0 Å². The summed E-state index contributed by atoms with van der Waals surface area (Å²) >= 11 is 0. The highest BCUT2D eigenvalue weighted by Gasteiger charge is 2.16. The van der Waals surface area contributed by atoms with Crippen molar-refractivity contribution in [1.29, 1.82) is 0 Å². The molecule has 1 aromatic rings. The van der Waals surface area contributed by atoms with Crippen molar-refractivity contribution in [1.82, 2.24) is 5.32 Å². The highest BCUT2D eigenvalue weighted by atomic mass is 14.9. The lowest BCUT2D eigenvalue weighted by molar-refractivity contribution is 0.372. The number of benzene rings is 1. The third kappa shape index (κ3) is 4.07. The predicted octanol–water partition coefficient (Wildman–Crippen LogP) is 4.71. The molecule has 19 heavy (non-hydrogen) atoms. The van der Waals surface area contributed by atoms with Gasteiger partial charge in [-0.05, 0) is 41.9 Å². The highest BCUT2D eigenvalue weighted by Crippen LogP contribution is 2.25.